The van der Waals surface area contributed by atoms with Gasteiger partial charge in [-0.15, -0.1) is 0 Å². The van der Waals surface area contributed by atoms with Crippen LogP contribution < -0.4 is 4.74 Å². The fourth-order valence-electron chi connectivity index (χ4n) is 1.31. The summed E-state index contributed by atoms with van der Waals surface area (Å²) in [6.45, 7) is 0. The van der Waals surface area contributed by atoms with Crippen molar-refractivity contribution in [3.05, 3.63) is 48.2 Å². The van der Waals surface area contributed by atoms with Crippen molar-refractivity contribution < 1.29 is 9.53 Å². The second kappa shape index (κ2) is 5.50. The fraction of sp³-hybridized carbons (Fsp3) is 0.0769. The zero-order chi connectivity index (χ0) is 12.1. The molecule has 0 unspecified atom stereocenters. The summed E-state index contributed by atoms with van der Waals surface area (Å²) in [5.41, 5.74) is 0.583. The van der Waals surface area contributed by atoms with Gasteiger partial charge in [-0.2, -0.15) is 0 Å². The lowest BCUT2D eigenvalue weighted by molar-refractivity contribution is 0.112. The molecule has 17 heavy (non-hydrogen) atoms. The zero-order valence-corrected chi connectivity index (χ0v) is 10.1. The third-order valence-corrected chi connectivity index (χ3v) is 3.10. The largest absolute Gasteiger partial charge is 0.497 e. The smallest absolute Gasteiger partial charge is 0.151 e. The number of carbonyl (C=O) groups excluding carboxylic acids is 1. The summed E-state index contributed by atoms with van der Waals surface area (Å²) in [6, 6.07) is 11.3. The van der Waals surface area contributed by atoms with Crippen molar-refractivity contribution in [1.29, 1.82) is 0 Å². The molecule has 0 N–H and O–H groups in total. The first-order chi connectivity index (χ1) is 8.31. The second-order valence-corrected chi connectivity index (χ2v) is 4.42. The molecule has 1 aromatic carbocycles. The predicted molar refractivity (Wildman–Crippen MR) is 66.7 cm³/mol. The zero-order valence-electron chi connectivity index (χ0n) is 9.29. The first-order valence-corrected chi connectivity index (χ1v) is 5.86. The highest BCUT2D eigenvalue weighted by atomic mass is 32.2. The van der Waals surface area contributed by atoms with Crippen LogP contribution in [0.15, 0.2) is 52.5 Å². The second-order valence-electron chi connectivity index (χ2n) is 3.33. The van der Waals surface area contributed by atoms with Crippen molar-refractivity contribution in [3.63, 3.8) is 0 Å². The Balaban J connectivity index is 2.15. The normalized spacial score (nSPS) is 9.94. The molecule has 2 rings (SSSR count). The lowest BCUT2D eigenvalue weighted by Gasteiger charge is -2.03. The first kappa shape index (κ1) is 11.7. The summed E-state index contributed by atoms with van der Waals surface area (Å²) in [7, 11) is 1.64. The van der Waals surface area contributed by atoms with E-state index in [-0.39, 0.29) is 0 Å². The maximum Gasteiger partial charge on any atom is 0.151 e. The minimum Gasteiger partial charge on any atom is -0.497 e. The van der Waals surface area contributed by atoms with Crippen molar-refractivity contribution in [2.24, 2.45) is 0 Å². The number of pyridine rings is 1. The van der Waals surface area contributed by atoms with E-state index < -0.39 is 0 Å². The Morgan fingerprint density at radius 2 is 2.18 bits per heavy atom. The van der Waals surface area contributed by atoms with Gasteiger partial charge in [0.1, 0.15) is 10.8 Å². The van der Waals surface area contributed by atoms with Gasteiger partial charge >= 0.3 is 0 Å². The van der Waals surface area contributed by atoms with Gasteiger partial charge in [0.05, 0.1) is 7.11 Å². The molecule has 0 fully saturated rings. The Labute approximate surface area is 104 Å². The highest BCUT2D eigenvalue weighted by Crippen LogP contribution is 2.28. The average molecular weight is 245 g/mol. The number of aromatic nitrogens is 1. The van der Waals surface area contributed by atoms with Crippen LogP contribution in [0.2, 0.25) is 0 Å². The van der Waals surface area contributed by atoms with E-state index in [0.29, 0.717) is 5.56 Å². The van der Waals surface area contributed by atoms with Crippen LogP contribution in [0.4, 0.5) is 0 Å². The Bertz CT molecular complexity index is 511. The molecule has 4 heteroatoms. The van der Waals surface area contributed by atoms with Crippen LogP contribution in [0.1, 0.15) is 10.4 Å². The van der Waals surface area contributed by atoms with E-state index in [1.807, 2.05) is 30.3 Å². The number of rotatable bonds is 4. The van der Waals surface area contributed by atoms with Gasteiger partial charge in [0.15, 0.2) is 6.29 Å². The van der Waals surface area contributed by atoms with E-state index in [1.165, 1.54) is 11.8 Å². The highest BCUT2D eigenvalue weighted by Gasteiger charge is 2.00. The molecule has 0 spiro atoms. The Morgan fingerprint density at radius 3 is 2.82 bits per heavy atom. The molecule has 0 aliphatic rings. The molecule has 86 valence electrons. The van der Waals surface area contributed by atoms with E-state index in [4.69, 9.17) is 4.74 Å². The Morgan fingerprint density at radius 1 is 1.29 bits per heavy atom. The van der Waals surface area contributed by atoms with Crippen molar-refractivity contribution in [3.8, 4) is 5.75 Å². The summed E-state index contributed by atoms with van der Waals surface area (Å²) in [5, 5.41) is 0.851. The molecule has 0 saturated carbocycles. The molecule has 0 bridgehead atoms. The molecule has 2 aromatic rings. The quantitative estimate of drug-likeness (QED) is 0.776. The third kappa shape index (κ3) is 3.07. The number of hydrogen-bond donors (Lipinski definition) is 0. The number of methoxy groups -OCH3 is 1. The fourth-order valence-corrected chi connectivity index (χ4v) is 2.11. The highest BCUT2D eigenvalue weighted by molar-refractivity contribution is 7.99. The van der Waals surface area contributed by atoms with Crippen LogP contribution >= 0.6 is 11.8 Å². The summed E-state index contributed by atoms with van der Waals surface area (Å²) >= 11 is 1.53. The first-order valence-electron chi connectivity index (χ1n) is 5.05. The summed E-state index contributed by atoms with van der Waals surface area (Å²) in [6.07, 6.45) is 2.35. The van der Waals surface area contributed by atoms with Gasteiger partial charge in [-0.1, -0.05) is 17.8 Å². The molecular weight excluding hydrogens is 234 g/mol. The summed E-state index contributed by atoms with van der Waals surface area (Å²) < 4.78 is 5.15. The monoisotopic (exact) mass is 245 g/mol. The van der Waals surface area contributed by atoms with E-state index in [2.05, 4.69) is 4.98 Å². The minimum absolute atomic E-state index is 0.583. The molecule has 1 heterocycles. The van der Waals surface area contributed by atoms with Crippen molar-refractivity contribution in [2.75, 3.05) is 7.11 Å². The maximum absolute atomic E-state index is 10.5. The lowest BCUT2D eigenvalue weighted by Crippen LogP contribution is -1.85. The van der Waals surface area contributed by atoms with Gasteiger partial charge in [0.25, 0.3) is 0 Å². The van der Waals surface area contributed by atoms with Gasteiger partial charge < -0.3 is 4.74 Å². The van der Waals surface area contributed by atoms with Crippen LogP contribution in [-0.4, -0.2) is 18.4 Å². The van der Waals surface area contributed by atoms with E-state index in [1.54, 1.807) is 19.4 Å². The van der Waals surface area contributed by atoms with E-state index in [9.17, 15) is 4.79 Å². The summed E-state index contributed by atoms with van der Waals surface area (Å²) in [4.78, 5) is 15.7. The average Bonchev–Trinajstić information content (AvgIpc) is 2.40. The van der Waals surface area contributed by atoms with Crippen LogP contribution in [0.5, 0.6) is 5.75 Å². The van der Waals surface area contributed by atoms with Gasteiger partial charge in [-0.05, 0) is 30.3 Å². The van der Waals surface area contributed by atoms with Crippen LogP contribution in [0, 0.1) is 0 Å². The van der Waals surface area contributed by atoms with E-state index >= 15 is 0 Å². The van der Waals surface area contributed by atoms with Crippen molar-refractivity contribution in [2.45, 2.75) is 9.92 Å². The molecule has 0 radical (unpaired) electrons. The number of ether oxygens (including phenoxy) is 1. The van der Waals surface area contributed by atoms with Crippen LogP contribution in [-0.2, 0) is 0 Å². The standard InChI is InChI=1S/C13H11NO2S/c1-16-11-3-2-4-12(7-11)17-13-6-5-10(9-15)8-14-13/h2-9H,1H3. The van der Waals surface area contributed by atoms with Crippen molar-refractivity contribution >= 4 is 18.0 Å². The van der Waals surface area contributed by atoms with Gasteiger partial charge in [0, 0.05) is 16.7 Å². The number of hydrogen-bond acceptors (Lipinski definition) is 4. The van der Waals surface area contributed by atoms with Gasteiger partial charge in [-0.25, -0.2) is 4.98 Å². The topological polar surface area (TPSA) is 39.2 Å². The number of benzene rings is 1. The molecular formula is C13H11NO2S. The maximum atomic E-state index is 10.5. The molecule has 3 nitrogen and oxygen atoms in total. The predicted octanol–water partition coefficient (Wildman–Crippen LogP) is 3.05. The molecule has 0 amide bonds. The Hall–Kier alpha value is -1.81. The SMILES string of the molecule is COc1cccc(Sc2ccc(C=O)cn2)c1. The van der Waals surface area contributed by atoms with Crippen LogP contribution in [0.3, 0.4) is 0 Å². The molecule has 0 atom stereocenters. The number of aldehydes is 1. The third-order valence-electron chi connectivity index (χ3n) is 2.16. The van der Waals surface area contributed by atoms with Gasteiger partial charge in [-0.3, -0.25) is 4.79 Å². The van der Waals surface area contributed by atoms with Crippen LogP contribution in [0.25, 0.3) is 0 Å². The van der Waals surface area contributed by atoms with E-state index in [0.717, 1.165) is 22.0 Å². The molecule has 0 aliphatic heterocycles. The lowest BCUT2D eigenvalue weighted by atomic mass is 10.3. The molecule has 0 saturated heterocycles. The number of nitrogens with zero attached hydrogens (tertiary/aromatic N) is 1. The number of carbonyl (C=O) groups is 1. The minimum atomic E-state index is 0.583. The molecule has 0 aliphatic carbocycles. The Kier molecular flexibility index (Phi) is 3.77. The molecule has 1 aromatic heterocycles. The van der Waals surface area contributed by atoms with Crippen molar-refractivity contribution in [1.82, 2.24) is 4.98 Å². The summed E-state index contributed by atoms with van der Waals surface area (Å²) in [5.74, 6) is 0.819. The van der Waals surface area contributed by atoms with Gasteiger partial charge in [0.2, 0.25) is 0 Å².